The molecule has 2 rings (SSSR count). The van der Waals surface area contributed by atoms with E-state index in [1.165, 1.54) is 24.1 Å². The summed E-state index contributed by atoms with van der Waals surface area (Å²) < 4.78 is 0. The van der Waals surface area contributed by atoms with Crippen LogP contribution in [0, 0.1) is 12.8 Å². The van der Waals surface area contributed by atoms with Crippen LogP contribution in [-0.4, -0.2) is 6.54 Å². The van der Waals surface area contributed by atoms with Crippen molar-refractivity contribution in [2.24, 2.45) is 5.92 Å². The van der Waals surface area contributed by atoms with E-state index < -0.39 is 0 Å². The second kappa shape index (κ2) is 3.51. The Kier molecular flexibility index (Phi) is 2.36. The molecule has 1 N–H and O–H groups in total. The van der Waals surface area contributed by atoms with Gasteiger partial charge in [-0.05, 0) is 36.9 Å². The van der Waals surface area contributed by atoms with Gasteiger partial charge in [0.05, 0.1) is 0 Å². The Morgan fingerprint density at radius 2 is 2.08 bits per heavy atom. The van der Waals surface area contributed by atoms with E-state index in [0.717, 1.165) is 5.92 Å². The van der Waals surface area contributed by atoms with E-state index in [0.29, 0.717) is 6.04 Å². The fourth-order valence-electron chi connectivity index (χ4n) is 2.19. The second-order valence-electron chi connectivity index (χ2n) is 4.05. The van der Waals surface area contributed by atoms with Gasteiger partial charge in [0.2, 0.25) is 0 Å². The van der Waals surface area contributed by atoms with E-state index in [1.807, 2.05) is 0 Å². The Hall–Kier alpha value is -0.820. The molecule has 1 aromatic carbocycles. The van der Waals surface area contributed by atoms with Crippen molar-refractivity contribution in [3.8, 4) is 0 Å². The van der Waals surface area contributed by atoms with Crippen LogP contribution in [0.15, 0.2) is 24.3 Å². The van der Waals surface area contributed by atoms with Gasteiger partial charge < -0.3 is 5.32 Å². The van der Waals surface area contributed by atoms with E-state index in [2.05, 4.69) is 43.4 Å². The van der Waals surface area contributed by atoms with Crippen LogP contribution < -0.4 is 5.32 Å². The zero-order valence-corrected chi connectivity index (χ0v) is 8.38. The molecule has 0 spiro atoms. The average molecular weight is 175 g/mol. The fourth-order valence-corrected chi connectivity index (χ4v) is 2.19. The summed E-state index contributed by atoms with van der Waals surface area (Å²) >= 11 is 0. The topological polar surface area (TPSA) is 12.0 Å². The molecule has 1 fully saturated rings. The van der Waals surface area contributed by atoms with Gasteiger partial charge in [0.1, 0.15) is 0 Å². The summed E-state index contributed by atoms with van der Waals surface area (Å²) in [4.78, 5) is 0. The summed E-state index contributed by atoms with van der Waals surface area (Å²) in [6, 6.07) is 9.27. The highest BCUT2D eigenvalue weighted by Gasteiger charge is 2.24. The molecule has 13 heavy (non-hydrogen) atoms. The van der Waals surface area contributed by atoms with Crippen LogP contribution in [0.1, 0.15) is 30.5 Å². The summed E-state index contributed by atoms with van der Waals surface area (Å²) in [6.45, 7) is 5.69. The van der Waals surface area contributed by atoms with Crippen molar-refractivity contribution in [3.05, 3.63) is 35.4 Å². The molecule has 0 amide bonds. The molecule has 1 aromatic rings. The number of aryl methyl sites for hydroxylation is 1. The summed E-state index contributed by atoms with van der Waals surface area (Å²) in [6.07, 6.45) is 1.30. The van der Waals surface area contributed by atoms with Crippen molar-refractivity contribution in [3.63, 3.8) is 0 Å². The maximum Gasteiger partial charge on any atom is 0.0349 e. The van der Waals surface area contributed by atoms with Crippen LogP contribution in [0.25, 0.3) is 0 Å². The van der Waals surface area contributed by atoms with Crippen molar-refractivity contribution >= 4 is 0 Å². The van der Waals surface area contributed by atoms with Gasteiger partial charge in [-0.3, -0.25) is 0 Å². The lowest BCUT2D eigenvalue weighted by Gasteiger charge is -2.18. The predicted octanol–water partition coefficient (Wildman–Crippen LogP) is 2.67. The van der Waals surface area contributed by atoms with Gasteiger partial charge in [0.15, 0.2) is 0 Å². The minimum absolute atomic E-state index is 0.584. The van der Waals surface area contributed by atoms with Gasteiger partial charge in [-0.2, -0.15) is 0 Å². The van der Waals surface area contributed by atoms with Crippen LogP contribution in [0.3, 0.4) is 0 Å². The van der Waals surface area contributed by atoms with Crippen molar-refractivity contribution in [2.75, 3.05) is 6.54 Å². The van der Waals surface area contributed by atoms with Gasteiger partial charge in [-0.15, -0.1) is 0 Å². The molecule has 1 aliphatic heterocycles. The SMILES string of the molecule is Cc1ccccc1[C@H]1NCC[C@@H]1C. The molecular weight excluding hydrogens is 158 g/mol. The first-order valence-electron chi connectivity index (χ1n) is 5.08. The highest BCUT2D eigenvalue weighted by atomic mass is 14.9. The largest absolute Gasteiger partial charge is 0.310 e. The normalized spacial score (nSPS) is 27.8. The van der Waals surface area contributed by atoms with Crippen molar-refractivity contribution < 1.29 is 0 Å². The molecule has 1 heteroatoms. The monoisotopic (exact) mass is 175 g/mol. The minimum Gasteiger partial charge on any atom is -0.310 e. The number of hydrogen-bond donors (Lipinski definition) is 1. The second-order valence-corrected chi connectivity index (χ2v) is 4.05. The summed E-state index contributed by atoms with van der Waals surface area (Å²) in [5, 5.41) is 3.56. The maximum atomic E-state index is 3.56. The van der Waals surface area contributed by atoms with Crippen LogP contribution in [0.4, 0.5) is 0 Å². The Balaban J connectivity index is 2.29. The van der Waals surface area contributed by atoms with Gasteiger partial charge in [-0.25, -0.2) is 0 Å². The van der Waals surface area contributed by atoms with Crippen LogP contribution in [0.5, 0.6) is 0 Å². The van der Waals surface area contributed by atoms with E-state index in [9.17, 15) is 0 Å². The maximum absolute atomic E-state index is 3.56. The Labute approximate surface area is 80.2 Å². The van der Waals surface area contributed by atoms with Gasteiger partial charge >= 0.3 is 0 Å². The lowest BCUT2D eigenvalue weighted by atomic mass is 9.93. The number of rotatable bonds is 1. The minimum atomic E-state index is 0.584. The molecule has 1 saturated heterocycles. The summed E-state index contributed by atoms with van der Waals surface area (Å²) in [5.74, 6) is 0.779. The van der Waals surface area contributed by atoms with Crippen LogP contribution in [-0.2, 0) is 0 Å². The van der Waals surface area contributed by atoms with E-state index in [-0.39, 0.29) is 0 Å². The highest BCUT2D eigenvalue weighted by molar-refractivity contribution is 5.29. The van der Waals surface area contributed by atoms with Crippen molar-refractivity contribution in [2.45, 2.75) is 26.3 Å². The third-order valence-electron chi connectivity index (χ3n) is 3.06. The molecule has 0 radical (unpaired) electrons. The van der Waals surface area contributed by atoms with Crippen LogP contribution >= 0.6 is 0 Å². The van der Waals surface area contributed by atoms with Crippen molar-refractivity contribution in [1.29, 1.82) is 0 Å². The lowest BCUT2D eigenvalue weighted by Crippen LogP contribution is -2.17. The molecule has 0 aromatic heterocycles. The molecule has 0 aliphatic carbocycles. The molecule has 70 valence electrons. The molecule has 1 heterocycles. The van der Waals surface area contributed by atoms with Gasteiger partial charge in [-0.1, -0.05) is 31.2 Å². The molecule has 0 bridgehead atoms. The Bertz CT molecular complexity index is 293. The lowest BCUT2D eigenvalue weighted by molar-refractivity contribution is 0.501. The first kappa shape index (κ1) is 8.76. The van der Waals surface area contributed by atoms with E-state index in [4.69, 9.17) is 0 Å². The average Bonchev–Trinajstić information content (AvgIpc) is 2.52. The Morgan fingerprint density at radius 1 is 1.31 bits per heavy atom. The summed E-state index contributed by atoms with van der Waals surface area (Å²) in [5.41, 5.74) is 2.89. The molecular formula is C12H17N. The molecule has 1 nitrogen and oxygen atoms in total. The number of hydrogen-bond acceptors (Lipinski definition) is 1. The first-order valence-corrected chi connectivity index (χ1v) is 5.08. The zero-order valence-electron chi connectivity index (χ0n) is 8.38. The zero-order chi connectivity index (χ0) is 9.26. The third kappa shape index (κ3) is 1.61. The van der Waals surface area contributed by atoms with E-state index >= 15 is 0 Å². The highest BCUT2D eigenvalue weighted by Crippen LogP contribution is 2.30. The Morgan fingerprint density at radius 3 is 2.69 bits per heavy atom. The smallest absolute Gasteiger partial charge is 0.0349 e. The number of benzene rings is 1. The quantitative estimate of drug-likeness (QED) is 0.692. The van der Waals surface area contributed by atoms with Crippen molar-refractivity contribution in [1.82, 2.24) is 5.32 Å². The van der Waals surface area contributed by atoms with Gasteiger partial charge in [0.25, 0.3) is 0 Å². The molecule has 0 unspecified atom stereocenters. The summed E-state index contributed by atoms with van der Waals surface area (Å²) in [7, 11) is 0. The molecule has 2 atom stereocenters. The van der Waals surface area contributed by atoms with E-state index in [1.54, 1.807) is 0 Å². The number of nitrogens with one attached hydrogen (secondary N) is 1. The standard InChI is InChI=1S/C12H17N/c1-9-5-3-4-6-11(9)12-10(2)7-8-13-12/h3-6,10,12-13H,7-8H2,1-2H3/t10-,12-/m0/s1. The van der Waals surface area contributed by atoms with Crippen LogP contribution in [0.2, 0.25) is 0 Å². The third-order valence-corrected chi connectivity index (χ3v) is 3.06. The predicted molar refractivity (Wildman–Crippen MR) is 55.7 cm³/mol. The fraction of sp³-hybridized carbons (Fsp3) is 0.500. The van der Waals surface area contributed by atoms with Gasteiger partial charge in [0, 0.05) is 6.04 Å². The molecule has 1 aliphatic rings. The molecule has 0 saturated carbocycles. The first-order chi connectivity index (χ1) is 6.29.